The maximum Gasteiger partial charge on any atom is 0.137 e. The molecule has 0 spiro atoms. The number of aromatic nitrogens is 2. The van der Waals surface area contributed by atoms with E-state index >= 15 is 0 Å². The van der Waals surface area contributed by atoms with Crippen LogP contribution in [0.15, 0.2) is 30.5 Å². The molecule has 1 aromatic heterocycles. The topological polar surface area (TPSA) is 47.3 Å². The summed E-state index contributed by atoms with van der Waals surface area (Å²) >= 11 is 0. The first kappa shape index (κ1) is 14.1. The van der Waals surface area contributed by atoms with Gasteiger partial charge in [-0.15, -0.1) is 0 Å². The van der Waals surface area contributed by atoms with Crippen LogP contribution in [0.4, 0.5) is 4.39 Å². The fourth-order valence-corrected chi connectivity index (χ4v) is 1.77. The second-order valence-corrected chi connectivity index (χ2v) is 4.14. The van der Waals surface area contributed by atoms with Crippen LogP contribution in [0.2, 0.25) is 0 Å². The number of nitrogens with zero attached hydrogens (tertiary/aromatic N) is 2. The molecule has 4 nitrogen and oxygen atoms in total. The number of hydrogen-bond acceptors (Lipinski definition) is 3. The third-order valence-electron chi connectivity index (χ3n) is 2.78. The number of aliphatic hydroxyl groups is 1. The maximum absolute atomic E-state index is 13.2. The molecule has 1 aromatic carbocycles. The predicted octanol–water partition coefficient (Wildman–Crippen LogP) is 1.52. The molecule has 0 aliphatic rings. The molecule has 2 aromatic rings. The summed E-state index contributed by atoms with van der Waals surface area (Å²) < 4.78 is 20.6. The van der Waals surface area contributed by atoms with Gasteiger partial charge in [-0.3, -0.25) is 4.68 Å². The van der Waals surface area contributed by atoms with Crippen LogP contribution in [0.5, 0.6) is 5.75 Å². The van der Waals surface area contributed by atoms with Crippen molar-refractivity contribution < 1.29 is 14.2 Å². The van der Waals surface area contributed by atoms with Crippen LogP contribution in [0.3, 0.4) is 0 Å². The van der Waals surface area contributed by atoms with Gasteiger partial charge in [0.05, 0.1) is 12.2 Å². The Morgan fingerprint density at radius 3 is 2.95 bits per heavy atom. The summed E-state index contributed by atoms with van der Waals surface area (Å²) in [5, 5.41) is 12.8. The van der Waals surface area contributed by atoms with Gasteiger partial charge >= 0.3 is 0 Å². The van der Waals surface area contributed by atoms with E-state index in [4.69, 9.17) is 9.84 Å². The highest BCUT2D eigenvalue weighted by molar-refractivity contribution is 5.46. The molecule has 0 amide bonds. The number of aliphatic hydroxyl groups excluding tert-OH is 1. The first-order valence-electron chi connectivity index (χ1n) is 6.19. The van der Waals surface area contributed by atoms with Crippen LogP contribution in [-0.4, -0.2) is 28.1 Å². The molecule has 0 bridgehead atoms. The minimum Gasteiger partial charge on any atom is -0.492 e. The molecular formula is C15H15FN2O2. The molecule has 1 heterocycles. The average Bonchev–Trinajstić information content (AvgIpc) is 2.84. The average molecular weight is 274 g/mol. The second-order valence-electron chi connectivity index (χ2n) is 4.14. The van der Waals surface area contributed by atoms with Crippen LogP contribution >= 0.6 is 0 Å². The van der Waals surface area contributed by atoms with Gasteiger partial charge in [-0.2, -0.15) is 5.10 Å². The summed E-state index contributed by atoms with van der Waals surface area (Å²) in [5.41, 5.74) is 1.59. The van der Waals surface area contributed by atoms with Crippen molar-refractivity contribution in [3.8, 4) is 17.6 Å². The first-order chi connectivity index (χ1) is 9.70. The van der Waals surface area contributed by atoms with Gasteiger partial charge in [0, 0.05) is 31.4 Å². The van der Waals surface area contributed by atoms with Crippen molar-refractivity contribution in [3.05, 3.63) is 47.5 Å². The number of hydrogen-bond donors (Lipinski definition) is 1. The Hall–Kier alpha value is -2.32. The summed E-state index contributed by atoms with van der Waals surface area (Å²) in [7, 11) is 1.86. The molecule has 0 aliphatic carbocycles. The molecule has 5 heteroatoms. The lowest BCUT2D eigenvalue weighted by molar-refractivity contribution is 0.316. The van der Waals surface area contributed by atoms with E-state index in [1.807, 2.05) is 13.1 Å². The maximum atomic E-state index is 13.2. The van der Waals surface area contributed by atoms with E-state index in [-0.39, 0.29) is 12.4 Å². The highest BCUT2D eigenvalue weighted by atomic mass is 19.1. The number of ether oxygens (including phenoxy) is 1. The smallest absolute Gasteiger partial charge is 0.137 e. The molecule has 1 N–H and O–H groups in total. The first-order valence-corrected chi connectivity index (χ1v) is 6.19. The second kappa shape index (κ2) is 6.73. The summed E-state index contributed by atoms with van der Waals surface area (Å²) in [5.74, 6) is 5.27. The van der Waals surface area contributed by atoms with Crippen LogP contribution in [0.25, 0.3) is 0 Å². The summed E-state index contributed by atoms with van der Waals surface area (Å²) in [6.45, 7) is 0.155. The van der Waals surface area contributed by atoms with Crippen LogP contribution < -0.4 is 4.74 Å². The highest BCUT2D eigenvalue weighted by Crippen LogP contribution is 2.19. The minimum absolute atomic E-state index is 0.244. The van der Waals surface area contributed by atoms with Crippen LogP contribution in [0.1, 0.15) is 11.3 Å². The molecule has 0 saturated heterocycles. The van der Waals surface area contributed by atoms with Gasteiger partial charge in [0.2, 0.25) is 0 Å². The number of benzene rings is 1. The predicted molar refractivity (Wildman–Crippen MR) is 72.8 cm³/mol. The van der Waals surface area contributed by atoms with E-state index in [1.54, 1.807) is 10.9 Å². The van der Waals surface area contributed by atoms with Crippen molar-refractivity contribution in [1.29, 1.82) is 0 Å². The standard InChI is InChI=1S/C15H15FN2O2/c1-18-14(6-8-17-18)7-10-20-15-11-13(16)5-4-12(15)3-2-9-19/h4-6,8,11,19H,7,9-10H2,1H3. The normalized spacial score (nSPS) is 9.95. The molecule has 0 atom stereocenters. The SMILES string of the molecule is Cn1nccc1CCOc1cc(F)ccc1C#CCO. The lowest BCUT2D eigenvalue weighted by atomic mass is 10.2. The van der Waals surface area contributed by atoms with Gasteiger partial charge < -0.3 is 9.84 Å². The van der Waals surface area contributed by atoms with E-state index in [2.05, 4.69) is 16.9 Å². The zero-order chi connectivity index (χ0) is 14.4. The number of rotatable bonds is 4. The van der Waals surface area contributed by atoms with Gasteiger partial charge in [-0.05, 0) is 18.2 Å². The van der Waals surface area contributed by atoms with Gasteiger partial charge in [-0.1, -0.05) is 11.8 Å². The molecule has 2 rings (SSSR count). The summed E-state index contributed by atoms with van der Waals surface area (Å²) in [4.78, 5) is 0. The monoisotopic (exact) mass is 274 g/mol. The van der Waals surface area contributed by atoms with E-state index in [0.717, 1.165) is 5.69 Å². The number of halogens is 1. The van der Waals surface area contributed by atoms with E-state index in [1.165, 1.54) is 18.2 Å². The fourth-order valence-electron chi connectivity index (χ4n) is 1.77. The quantitative estimate of drug-likeness (QED) is 0.860. The Kier molecular flexibility index (Phi) is 4.75. The molecule has 0 aliphatic heterocycles. The Labute approximate surface area is 116 Å². The highest BCUT2D eigenvalue weighted by Gasteiger charge is 2.05. The van der Waals surface area contributed by atoms with Crippen molar-refractivity contribution in [2.24, 2.45) is 7.05 Å². The van der Waals surface area contributed by atoms with Crippen molar-refractivity contribution in [2.45, 2.75) is 6.42 Å². The Morgan fingerprint density at radius 2 is 2.25 bits per heavy atom. The van der Waals surface area contributed by atoms with Crippen LogP contribution in [0, 0.1) is 17.7 Å². The molecule has 0 unspecified atom stereocenters. The lowest BCUT2D eigenvalue weighted by Crippen LogP contribution is -2.06. The molecular weight excluding hydrogens is 259 g/mol. The van der Waals surface area contributed by atoms with Crippen molar-refractivity contribution >= 4 is 0 Å². The van der Waals surface area contributed by atoms with Crippen LogP contribution in [-0.2, 0) is 13.5 Å². The van der Waals surface area contributed by atoms with Crippen molar-refractivity contribution in [3.63, 3.8) is 0 Å². The Balaban J connectivity index is 2.04. The Bertz CT molecular complexity index is 641. The van der Waals surface area contributed by atoms with E-state index < -0.39 is 0 Å². The third kappa shape index (κ3) is 3.59. The molecule has 0 fully saturated rings. The van der Waals surface area contributed by atoms with E-state index in [0.29, 0.717) is 24.3 Å². The van der Waals surface area contributed by atoms with Gasteiger partial charge in [0.15, 0.2) is 0 Å². The van der Waals surface area contributed by atoms with Gasteiger partial charge in [0.1, 0.15) is 18.2 Å². The summed E-state index contributed by atoms with van der Waals surface area (Å²) in [6.07, 6.45) is 2.38. The molecule has 0 saturated carbocycles. The molecule has 20 heavy (non-hydrogen) atoms. The zero-order valence-electron chi connectivity index (χ0n) is 11.1. The fraction of sp³-hybridized carbons (Fsp3) is 0.267. The van der Waals surface area contributed by atoms with Crippen molar-refractivity contribution in [1.82, 2.24) is 9.78 Å². The number of aryl methyl sites for hydroxylation is 1. The van der Waals surface area contributed by atoms with Crippen molar-refractivity contribution in [2.75, 3.05) is 13.2 Å². The molecule has 0 radical (unpaired) electrons. The minimum atomic E-state index is -0.380. The Morgan fingerprint density at radius 1 is 1.40 bits per heavy atom. The van der Waals surface area contributed by atoms with Gasteiger partial charge in [-0.25, -0.2) is 4.39 Å². The summed E-state index contributed by atoms with van der Waals surface area (Å²) in [6, 6.07) is 6.05. The van der Waals surface area contributed by atoms with E-state index in [9.17, 15) is 4.39 Å². The molecule has 104 valence electrons. The van der Waals surface area contributed by atoms with Gasteiger partial charge in [0.25, 0.3) is 0 Å². The lowest BCUT2D eigenvalue weighted by Gasteiger charge is -2.08. The largest absolute Gasteiger partial charge is 0.492 e. The third-order valence-corrected chi connectivity index (χ3v) is 2.78. The zero-order valence-corrected chi connectivity index (χ0v) is 11.1.